The molecule has 0 unspecified atom stereocenters. The van der Waals surface area contributed by atoms with Gasteiger partial charge in [0.15, 0.2) is 12.4 Å². The number of hydrogen-bond donors (Lipinski definition) is 1. The van der Waals surface area contributed by atoms with Crippen LogP contribution in [-0.2, 0) is 4.74 Å². The highest BCUT2D eigenvalue weighted by molar-refractivity contribution is 5.99. The van der Waals surface area contributed by atoms with Crippen LogP contribution in [0, 0.1) is 20.8 Å². The Bertz CT molecular complexity index is 668. The number of benzene rings is 2. The van der Waals surface area contributed by atoms with Crippen LogP contribution in [0.1, 0.15) is 37.4 Å². The summed E-state index contributed by atoms with van der Waals surface area (Å²) in [5.74, 6) is -0.866. The Hall–Kier alpha value is -2.62. The molecule has 2 rings (SSSR count). The van der Waals surface area contributed by atoms with Gasteiger partial charge in [-0.2, -0.15) is 0 Å². The molecule has 0 aliphatic carbocycles. The number of Topliss-reactive ketones (excluding diaryl/α,β-unsaturated/α-hetero) is 1. The van der Waals surface area contributed by atoms with Crippen molar-refractivity contribution in [2.24, 2.45) is 0 Å². The highest BCUT2D eigenvalue weighted by Gasteiger charge is 2.13. The lowest BCUT2D eigenvalue weighted by Crippen LogP contribution is -2.14. The number of ketones is 1. The molecule has 0 amide bonds. The maximum atomic E-state index is 12.0. The fourth-order valence-electron chi connectivity index (χ4n) is 1.95. The molecule has 0 radical (unpaired) electrons. The lowest BCUT2D eigenvalue weighted by atomic mass is 10.0. The Morgan fingerprint density at radius 1 is 0.909 bits per heavy atom. The van der Waals surface area contributed by atoms with E-state index >= 15 is 0 Å². The highest BCUT2D eigenvalue weighted by Crippen LogP contribution is 2.18. The molecule has 0 heterocycles. The fourth-order valence-corrected chi connectivity index (χ4v) is 1.95. The third-order valence-corrected chi connectivity index (χ3v) is 3.61. The average molecular weight is 298 g/mol. The molecule has 2 aromatic rings. The van der Waals surface area contributed by atoms with Crippen LogP contribution in [0.5, 0.6) is 5.75 Å². The second kappa shape index (κ2) is 6.43. The molecule has 0 spiro atoms. The van der Waals surface area contributed by atoms with Crippen molar-refractivity contribution in [1.82, 2.24) is 0 Å². The van der Waals surface area contributed by atoms with Crippen LogP contribution in [0.4, 0.5) is 0 Å². The van der Waals surface area contributed by atoms with Crippen LogP contribution >= 0.6 is 0 Å². The van der Waals surface area contributed by atoms with Gasteiger partial charge in [-0.1, -0.05) is 18.2 Å². The lowest BCUT2D eigenvalue weighted by Gasteiger charge is -2.07. The van der Waals surface area contributed by atoms with Crippen LogP contribution in [0.3, 0.4) is 0 Å². The Morgan fingerprint density at radius 2 is 1.55 bits per heavy atom. The smallest absolute Gasteiger partial charge is 0.338 e. The summed E-state index contributed by atoms with van der Waals surface area (Å²) in [7, 11) is 0. The number of ether oxygens (including phenoxy) is 1. The van der Waals surface area contributed by atoms with E-state index in [0.29, 0.717) is 11.1 Å². The number of hydrogen-bond acceptors (Lipinski definition) is 4. The van der Waals surface area contributed by atoms with Gasteiger partial charge in [0.25, 0.3) is 0 Å². The van der Waals surface area contributed by atoms with E-state index in [1.165, 1.54) is 6.07 Å². The minimum absolute atomic E-state index is 0.0231. The molecule has 0 saturated carbocycles. The predicted octanol–water partition coefficient (Wildman–Crippen LogP) is 3.36. The number of carbonyl (C=O) groups is 2. The van der Waals surface area contributed by atoms with Crippen molar-refractivity contribution in [3.63, 3.8) is 0 Å². The van der Waals surface area contributed by atoms with Crippen LogP contribution in [-0.4, -0.2) is 23.5 Å². The molecule has 22 heavy (non-hydrogen) atoms. The van der Waals surface area contributed by atoms with Gasteiger partial charge < -0.3 is 9.84 Å². The minimum Gasteiger partial charge on any atom is -0.508 e. The number of phenols is 1. The number of aromatic hydroxyl groups is 1. The van der Waals surface area contributed by atoms with Gasteiger partial charge in [0.1, 0.15) is 5.75 Å². The normalized spacial score (nSPS) is 10.3. The van der Waals surface area contributed by atoms with Crippen LogP contribution in [0.2, 0.25) is 0 Å². The fraction of sp³-hybridized carbons (Fsp3) is 0.222. The van der Waals surface area contributed by atoms with E-state index < -0.39 is 5.97 Å². The summed E-state index contributed by atoms with van der Waals surface area (Å²) in [6.07, 6.45) is 0. The quantitative estimate of drug-likeness (QED) is 0.694. The van der Waals surface area contributed by atoms with E-state index in [-0.39, 0.29) is 23.7 Å². The van der Waals surface area contributed by atoms with Gasteiger partial charge in [-0.3, -0.25) is 4.79 Å². The molecule has 0 bridgehead atoms. The average Bonchev–Trinajstić information content (AvgIpc) is 2.50. The second-order valence-electron chi connectivity index (χ2n) is 5.30. The number of esters is 1. The zero-order valence-corrected chi connectivity index (χ0v) is 12.8. The number of rotatable bonds is 4. The van der Waals surface area contributed by atoms with Gasteiger partial charge in [-0.15, -0.1) is 0 Å². The Kier molecular flexibility index (Phi) is 4.61. The third-order valence-electron chi connectivity index (χ3n) is 3.61. The van der Waals surface area contributed by atoms with Crippen LogP contribution in [0.15, 0.2) is 36.4 Å². The van der Waals surface area contributed by atoms with Crippen molar-refractivity contribution in [3.8, 4) is 5.75 Å². The Morgan fingerprint density at radius 3 is 2.18 bits per heavy atom. The van der Waals surface area contributed by atoms with E-state index in [9.17, 15) is 14.7 Å². The van der Waals surface area contributed by atoms with Crippen molar-refractivity contribution in [2.45, 2.75) is 20.8 Å². The zero-order valence-electron chi connectivity index (χ0n) is 12.8. The molecule has 0 aliphatic rings. The monoisotopic (exact) mass is 298 g/mol. The molecular formula is C18H18O4. The summed E-state index contributed by atoms with van der Waals surface area (Å²) >= 11 is 0. The molecule has 4 heteroatoms. The van der Waals surface area contributed by atoms with Gasteiger partial charge in [0, 0.05) is 5.56 Å². The van der Waals surface area contributed by atoms with E-state index in [2.05, 4.69) is 0 Å². The molecule has 0 aromatic heterocycles. The maximum absolute atomic E-state index is 12.0. The first kappa shape index (κ1) is 15.8. The van der Waals surface area contributed by atoms with Gasteiger partial charge in [-0.05, 0) is 55.7 Å². The van der Waals surface area contributed by atoms with Crippen molar-refractivity contribution < 1.29 is 19.4 Å². The standard InChI is InChI=1S/C18H18O4/c1-11-4-6-14(8-13(11)3)17(20)10-22-18(21)15-7-5-12(2)16(19)9-15/h4-9,19H,10H2,1-3H3. The summed E-state index contributed by atoms with van der Waals surface area (Å²) in [5.41, 5.74) is 3.52. The van der Waals surface area contributed by atoms with Crippen molar-refractivity contribution in [3.05, 3.63) is 64.2 Å². The van der Waals surface area contributed by atoms with Crippen molar-refractivity contribution >= 4 is 11.8 Å². The summed E-state index contributed by atoms with van der Waals surface area (Å²) in [4.78, 5) is 23.9. The minimum atomic E-state index is -0.632. The Labute approximate surface area is 129 Å². The predicted molar refractivity (Wildman–Crippen MR) is 83.4 cm³/mol. The summed E-state index contributed by atoms with van der Waals surface area (Å²) in [6, 6.07) is 9.87. The van der Waals surface area contributed by atoms with Crippen LogP contribution in [0.25, 0.3) is 0 Å². The first-order chi connectivity index (χ1) is 10.4. The molecule has 0 saturated heterocycles. The van der Waals surface area contributed by atoms with Gasteiger partial charge in [-0.25, -0.2) is 4.79 Å². The first-order valence-electron chi connectivity index (χ1n) is 6.95. The van der Waals surface area contributed by atoms with E-state index in [0.717, 1.165) is 11.1 Å². The molecule has 2 aromatic carbocycles. The summed E-state index contributed by atoms with van der Waals surface area (Å²) in [6.45, 7) is 5.30. The largest absolute Gasteiger partial charge is 0.508 e. The highest BCUT2D eigenvalue weighted by atomic mass is 16.5. The van der Waals surface area contributed by atoms with Crippen molar-refractivity contribution in [2.75, 3.05) is 6.61 Å². The molecule has 1 N–H and O–H groups in total. The van der Waals surface area contributed by atoms with Gasteiger partial charge in [0.05, 0.1) is 5.56 Å². The molecular weight excluding hydrogens is 280 g/mol. The van der Waals surface area contributed by atoms with Crippen molar-refractivity contribution in [1.29, 1.82) is 0 Å². The SMILES string of the molecule is Cc1ccc(C(=O)COC(=O)c2ccc(C)c(O)c2)cc1C. The van der Waals surface area contributed by atoms with E-state index in [1.54, 1.807) is 31.2 Å². The molecule has 0 fully saturated rings. The van der Waals surface area contributed by atoms with Gasteiger partial charge in [0.2, 0.25) is 0 Å². The van der Waals surface area contributed by atoms with E-state index in [4.69, 9.17) is 4.74 Å². The summed E-state index contributed by atoms with van der Waals surface area (Å²) < 4.78 is 5.01. The topological polar surface area (TPSA) is 63.6 Å². The lowest BCUT2D eigenvalue weighted by molar-refractivity contribution is 0.0474. The second-order valence-corrected chi connectivity index (χ2v) is 5.30. The zero-order chi connectivity index (χ0) is 16.3. The number of aryl methyl sites for hydroxylation is 3. The van der Waals surface area contributed by atoms with Gasteiger partial charge >= 0.3 is 5.97 Å². The number of phenolic OH excluding ortho intramolecular Hbond substituents is 1. The van der Waals surface area contributed by atoms with Crippen LogP contribution < -0.4 is 0 Å². The third kappa shape index (κ3) is 3.52. The first-order valence-corrected chi connectivity index (χ1v) is 6.95. The Balaban J connectivity index is 2.02. The maximum Gasteiger partial charge on any atom is 0.338 e. The van der Waals surface area contributed by atoms with E-state index in [1.807, 2.05) is 19.9 Å². The molecule has 4 nitrogen and oxygen atoms in total. The molecule has 0 atom stereocenters. The number of carbonyl (C=O) groups excluding carboxylic acids is 2. The molecule has 114 valence electrons. The summed E-state index contributed by atoms with van der Waals surface area (Å²) in [5, 5.41) is 9.59. The molecule has 0 aliphatic heterocycles.